The molecule has 1 atom stereocenters. The van der Waals surface area contributed by atoms with E-state index in [0.717, 1.165) is 11.3 Å². The van der Waals surface area contributed by atoms with Crippen molar-refractivity contribution in [1.29, 1.82) is 5.26 Å². The Morgan fingerprint density at radius 3 is 2.63 bits per heavy atom. The number of ether oxygens (including phenoxy) is 2. The van der Waals surface area contributed by atoms with E-state index >= 15 is 0 Å². The molecule has 2 aromatic rings. The Kier molecular flexibility index (Phi) is 6.87. The quantitative estimate of drug-likeness (QED) is 0.452. The summed E-state index contributed by atoms with van der Waals surface area (Å²) in [6, 6.07) is 9.57. The highest BCUT2D eigenvalue weighted by atomic mass is 32.2. The Morgan fingerprint density at radius 1 is 1.29 bits per heavy atom. The zero-order valence-corrected chi connectivity index (χ0v) is 21.5. The van der Waals surface area contributed by atoms with Gasteiger partial charge in [0, 0.05) is 17.7 Å². The number of Topliss-reactive ketones (excluding diaryl/α,β-unsaturated/α-hetero) is 1. The molecule has 35 heavy (non-hydrogen) atoms. The van der Waals surface area contributed by atoms with Crippen LogP contribution < -0.4 is 15.4 Å². The number of benzene rings is 1. The number of thioether (sulfide) groups is 1. The molecule has 0 saturated carbocycles. The number of allylic oxidation sites excluding steroid dienone is 3. The number of carbonyl (C=O) groups is 2. The maximum atomic E-state index is 13.5. The van der Waals surface area contributed by atoms with Crippen molar-refractivity contribution in [2.45, 2.75) is 36.9 Å². The zero-order valence-electron chi connectivity index (χ0n) is 19.8. The number of ketones is 1. The number of anilines is 1. The van der Waals surface area contributed by atoms with Crippen molar-refractivity contribution in [2.75, 3.05) is 24.9 Å². The second-order valence-electron chi connectivity index (χ2n) is 8.97. The lowest BCUT2D eigenvalue weighted by molar-refractivity contribution is -0.137. The molecule has 9 nitrogen and oxygen atoms in total. The first-order valence-corrected chi connectivity index (χ1v) is 12.6. The molecule has 4 rings (SSSR count). The van der Waals surface area contributed by atoms with Crippen LogP contribution in [-0.2, 0) is 14.3 Å². The van der Waals surface area contributed by atoms with Crippen LogP contribution in [0.15, 0.2) is 51.3 Å². The van der Waals surface area contributed by atoms with Crippen LogP contribution in [0, 0.1) is 16.7 Å². The molecule has 2 aliphatic rings. The molecule has 0 bridgehead atoms. The van der Waals surface area contributed by atoms with Gasteiger partial charge < -0.3 is 15.2 Å². The third-order valence-corrected chi connectivity index (χ3v) is 7.97. The monoisotopic (exact) mass is 511 g/mol. The normalized spacial score (nSPS) is 19.3. The van der Waals surface area contributed by atoms with Crippen LogP contribution in [0.4, 0.5) is 5.13 Å². The summed E-state index contributed by atoms with van der Waals surface area (Å²) in [6.07, 6.45) is 0.936. The number of rotatable bonds is 6. The molecular formula is C24H25N5O4S2. The Morgan fingerprint density at radius 2 is 2.00 bits per heavy atom. The summed E-state index contributed by atoms with van der Waals surface area (Å²) in [7, 11) is 2.91. The third-order valence-electron chi connectivity index (χ3n) is 5.96. The number of nitrogens with two attached hydrogens (primary N) is 1. The van der Waals surface area contributed by atoms with E-state index in [1.807, 2.05) is 26.0 Å². The van der Waals surface area contributed by atoms with E-state index in [9.17, 15) is 14.9 Å². The van der Waals surface area contributed by atoms with Crippen LogP contribution in [0.5, 0.6) is 5.75 Å². The standard InChI is InChI=1S/C24H25N5O4S2/c1-24(2)9-16-20(17(30)10-24)19(13-5-7-14(32-3)8-6-13)15(11-25)21(26)29(16)22-27-28-23(35-22)34-12-18(31)33-4/h5-8,19H,9-10,12,26H2,1-4H3. The highest BCUT2D eigenvalue weighted by Crippen LogP contribution is 2.50. The van der Waals surface area contributed by atoms with Crippen molar-refractivity contribution in [3.05, 3.63) is 52.5 Å². The lowest BCUT2D eigenvalue weighted by Crippen LogP contribution is -2.42. The molecule has 2 heterocycles. The maximum Gasteiger partial charge on any atom is 0.316 e. The molecule has 0 radical (unpaired) electrons. The first-order chi connectivity index (χ1) is 16.7. The van der Waals surface area contributed by atoms with Crippen molar-refractivity contribution >= 4 is 40.0 Å². The molecular weight excluding hydrogens is 486 g/mol. The Labute approximate surface area is 211 Å². The fourth-order valence-electron chi connectivity index (χ4n) is 4.39. The highest BCUT2D eigenvalue weighted by molar-refractivity contribution is 8.01. The van der Waals surface area contributed by atoms with E-state index in [-0.39, 0.29) is 34.3 Å². The average Bonchev–Trinajstić information content (AvgIpc) is 3.29. The summed E-state index contributed by atoms with van der Waals surface area (Å²) in [5.74, 6) is 0.0201. The summed E-state index contributed by atoms with van der Waals surface area (Å²) >= 11 is 2.44. The molecule has 11 heteroatoms. The number of nitrogens with zero attached hydrogens (tertiary/aromatic N) is 4. The number of hydrogen-bond acceptors (Lipinski definition) is 11. The van der Waals surface area contributed by atoms with Gasteiger partial charge in [0.1, 0.15) is 11.6 Å². The van der Waals surface area contributed by atoms with E-state index in [0.29, 0.717) is 33.6 Å². The second kappa shape index (κ2) is 9.71. The van der Waals surface area contributed by atoms with E-state index < -0.39 is 5.92 Å². The van der Waals surface area contributed by atoms with E-state index in [2.05, 4.69) is 21.0 Å². The fraction of sp³-hybridized carbons (Fsp3) is 0.375. The minimum Gasteiger partial charge on any atom is -0.497 e. The molecule has 0 amide bonds. The summed E-state index contributed by atoms with van der Waals surface area (Å²) in [4.78, 5) is 26.7. The third kappa shape index (κ3) is 4.76. The van der Waals surface area contributed by atoms with Crippen LogP contribution in [0.25, 0.3) is 0 Å². The number of hydrogen-bond donors (Lipinski definition) is 1. The summed E-state index contributed by atoms with van der Waals surface area (Å²) in [5.41, 5.74) is 8.67. The van der Waals surface area contributed by atoms with Gasteiger partial charge in [-0.25, -0.2) is 0 Å². The zero-order chi connectivity index (χ0) is 25.3. The van der Waals surface area contributed by atoms with Gasteiger partial charge in [-0.1, -0.05) is 49.1 Å². The molecule has 182 valence electrons. The fourth-order valence-corrected chi connectivity index (χ4v) is 6.10. The molecule has 1 unspecified atom stereocenters. The number of aromatic nitrogens is 2. The molecule has 1 aliphatic heterocycles. The first-order valence-electron chi connectivity index (χ1n) is 10.8. The van der Waals surface area contributed by atoms with Gasteiger partial charge in [0.2, 0.25) is 5.13 Å². The topological polar surface area (TPSA) is 131 Å². The van der Waals surface area contributed by atoms with Gasteiger partial charge in [-0.15, -0.1) is 10.2 Å². The van der Waals surface area contributed by atoms with Crippen LogP contribution >= 0.6 is 23.1 Å². The minimum atomic E-state index is -0.582. The summed E-state index contributed by atoms with van der Waals surface area (Å²) in [5, 5.41) is 19.0. The van der Waals surface area contributed by atoms with Gasteiger partial charge in [0.05, 0.1) is 37.5 Å². The summed E-state index contributed by atoms with van der Waals surface area (Å²) < 4.78 is 10.5. The van der Waals surface area contributed by atoms with E-state index in [4.69, 9.17) is 10.5 Å². The first kappa shape index (κ1) is 24.8. The molecule has 1 aliphatic carbocycles. The smallest absolute Gasteiger partial charge is 0.316 e. The molecule has 2 N–H and O–H groups in total. The van der Waals surface area contributed by atoms with E-state index in [1.54, 1.807) is 24.1 Å². The Bertz CT molecular complexity index is 1270. The van der Waals surface area contributed by atoms with E-state index in [1.165, 1.54) is 30.2 Å². The number of esters is 1. The highest BCUT2D eigenvalue weighted by Gasteiger charge is 2.45. The van der Waals surface area contributed by atoms with Gasteiger partial charge >= 0.3 is 5.97 Å². The largest absolute Gasteiger partial charge is 0.497 e. The lowest BCUT2D eigenvalue weighted by Gasteiger charge is -2.42. The van der Waals surface area contributed by atoms with Gasteiger partial charge in [-0.05, 0) is 29.5 Å². The molecule has 1 aromatic heterocycles. The molecule has 0 fully saturated rings. The van der Waals surface area contributed by atoms with Crippen LogP contribution in [-0.4, -0.2) is 41.9 Å². The predicted molar refractivity (Wildman–Crippen MR) is 133 cm³/mol. The number of carbonyl (C=O) groups excluding carboxylic acids is 2. The van der Waals surface area contributed by atoms with Crippen molar-refractivity contribution in [2.24, 2.45) is 11.1 Å². The molecule has 0 spiro atoms. The van der Waals surface area contributed by atoms with Crippen molar-refractivity contribution < 1.29 is 19.1 Å². The Hall–Kier alpha value is -3.36. The Balaban J connectivity index is 1.83. The van der Waals surface area contributed by atoms with Crippen LogP contribution in [0.2, 0.25) is 0 Å². The van der Waals surface area contributed by atoms with Crippen LogP contribution in [0.3, 0.4) is 0 Å². The van der Waals surface area contributed by atoms with Gasteiger partial charge in [-0.3, -0.25) is 14.5 Å². The number of nitriles is 1. The van der Waals surface area contributed by atoms with Gasteiger partial charge in [0.15, 0.2) is 10.1 Å². The minimum absolute atomic E-state index is 0.0212. The van der Waals surface area contributed by atoms with Crippen molar-refractivity contribution in [3.8, 4) is 11.8 Å². The van der Waals surface area contributed by atoms with Gasteiger partial charge in [0.25, 0.3) is 0 Å². The summed E-state index contributed by atoms with van der Waals surface area (Å²) in [6.45, 7) is 4.07. The predicted octanol–water partition coefficient (Wildman–Crippen LogP) is 3.75. The average molecular weight is 512 g/mol. The van der Waals surface area contributed by atoms with Gasteiger partial charge in [-0.2, -0.15) is 5.26 Å². The molecule has 0 saturated heterocycles. The van der Waals surface area contributed by atoms with Crippen molar-refractivity contribution in [3.63, 3.8) is 0 Å². The SMILES string of the molecule is COC(=O)CSc1nnc(N2C(N)=C(C#N)C(c3ccc(OC)cc3)C3=C2CC(C)(C)CC3=O)s1. The molecule has 1 aromatic carbocycles. The number of methoxy groups -OCH3 is 2. The van der Waals surface area contributed by atoms with Crippen molar-refractivity contribution in [1.82, 2.24) is 10.2 Å². The lowest BCUT2D eigenvalue weighted by atomic mass is 9.68. The van der Waals surface area contributed by atoms with Crippen LogP contribution in [0.1, 0.15) is 38.2 Å². The maximum absolute atomic E-state index is 13.5. The second-order valence-corrected chi connectivity index (χ2v) is 11.1.